The molecule has 334 valence electrons. The van der Waals surface area contributed by atoms with Crippen LogP contribution in [0, 0.1) is 17.6 Å². The van der Waals surface area contributed by atoms with Gasteiger partial charge in [-0.2, -0.15) is 45.6 Å². The number of hydrogen-bond donors (Lipinski definition) is 2. The Kier molecular flexibility index (Phi) is 10.3. The van der Waals surface area contributed by atoms with Crippen LogP contribution in [0.25, 0.3) is 27.6 Å². The van der Waals surface area contributed by atoms with Crippen LogP contribution in [0.15, 0.2) is 47.3 Å². The lowest BCUT2D eigenvalue weighted by Gasteiger charge is -2.24. The number of sulfonamides is 1. The summed E-state index contributed by atoms with van der Waals surface area (Å²) in [5, 5.41) is 9.36. The first-order valence-electron chi connectivity index (χ1n) is 17.8. The third kappa shape index (κ3) is 7.78. The van der Waals surface area contributed by atoms with Crippen molar-refractivity contribution < 1.29 is 65.3 Å². The fourth-order valence-electron chi connectivity index (χ4n) is 7.65. The van der Waals surface area contributed by atoms with Crippen molar-refractivity contribution in [3.05, 3.63) is 97.8 Å². The number of rotatable bonds is 12. The second-order valence-electron chi connectivity index (χ2n) is 14.5. The summed E-state index contributed by atoms with van der Waals surface area (Å²) in [6, 6.07) is 3.97. The molecule has 1 fully saturated rings. The predicted octanol–water partition coefficient (Wildman–Crippen LogP) is 5.64. The van der Waals surface area contributed by atoms with Crippen LogP contribution in [0.1, 0.15) is 53.1 Å². The number of nitrogens with one attached hydrogen (secondary N) is 2. The first-order valence-corrected chi connectivity index (χ1v) is 21.5. The van der Waals surface area contributed by atoms with E-state index >= 15 is 8.78 Å². The number of halogens is 10. The Morgan fingerprint density at radius 3 is 2.35 bits per heavy atom. The first kappa shape index (κ1) is 43.7. The Balaban J connectivity index is 1.35. The number of anilines is 1. The van der Waals surface area contributed by atoms with Gasteiger partial charge in [-0.1, -0.05) is 11.6 Å². The smallest absolute Gasteiger partial charge is 0.355 e. The zero-order chi connectivity index (χ0) is 45.9. The quantitative estimate of drug-likeness (QED) is 0.0874. The van der Waals surface area contributed by atoms with E-state index in [0.717, 1.165) is 33.7 Å². The number of aryl methyl sites for hydroxylation is 1. The van der Waals surface area contributed by atoms with Gasteiger partial charge in [0.25, 0.3) is 17.9 Å². The van der Waals surface area contributed by atoms with Crippen LogP contribution in [0.5, 0.6) is 5.88 Å². The molecule has 1 unspecified atom stereocenters. The van der Waals surface area contributed by atoms with Crippen molar-refractivity contribution in [2.75, 3.05) is 11.0 Å². The van der Waals surface area contributed by atoms with Crippen LogP contribution in [0.4, 0.5) is 45.3 Å². The zero-order valence-corrected chi connectivity index (χ0v) is 33.9. The van der Waals surface area contributed by atoms with Crippen molar-refractivity contribution in [2.24, 2.45) is 13.0 Å². The maximum absolute atomic E-state index is 15.4. The van der Waals surface area contributed by atoms with Gasteiger partial charge in [0.05, 0.1) is 39.3 Å². The van der Waals surface area contributed by atoms with Crippen molar-refractivity contribution >= 4 is 65.4 Å². The average molecular weight is 954 g/mol. The molecule has 2 aliphatic carbocycles. The summed E-state index contributed by atoms with van der Waals surface area (Å²) < 4.78 is 185. The summed E-state index contributed by atoms with van der Waals surface area (Å²) in [7, 11) is -9.08. The Hall–Kier alpha value is -5.96. The second kappa shape index (κ2) is 14.8. The van der Waals surface area contributed by atoms with E-state index in [2.05, 4.69) is 34.4 Å². The largest absolute Gasteiger partial charge is 0.534 e. The highest BCUT2D eigenvalue weighted by molar-refractivity contribution is 7.92. The van der Waals surface area contributed by atoms with Crippen LogP contribution in [0.2, 0.25) is 5.02 Å². The van der Waals surface area contributed by atoms with Gasteiger partial charge in [0.15, 0.2) is 11.5 Å². The number of carbonyl (C=O) groups is 1. The van der Waals surface area contributed by atoms with Gasteiger partial charge in [0.1, 0.15) is 35.4 Å². The van der Waals surface area contributed by atoms with E-state index in [1.807, 2.05) is 0 Å². The van der Waals surface area contributed by atoms with Crippen LogP contribution in [-0.4, -0.2) is 68.6 Å². The maximum Gasteiger partial charge on any atom is 0.534 e. The minimum atomic E-state index is -6.34. The average Bonchev–Trinajstić information content (AvgIpc) is 3.69. The van der Waals surface area contributed by atoms with Crippen LogP contribution < -0.4 is 19.8 Å². The van der Waals surface area contributed by atoms with Gasteiger partial charge in [-0.15, -0.1) is 0 Å². The van der Waals surface area contributed by atoms with Gasteiger partial charge in [-0.05, 0) is 48.2 Å². The number of benzene rings is 2. The Bertz CT molecular complexity index is 3200. The maximum atomic E-state index is 15.4. The summed E-state index contributed by atoms with van der Waals surface area (Å²) in [5.41, 5.74) is -10.9. The number of nitrogens with zero attached hydrogens (tertiary/aromatic N) is 7. The summed E-state index contributed by atoms with van der Waals surface area (Å²) in [6.07, 6.45) is -3.35. The molecule has 1 saturated carbocycles. The lowest BCUT2D eigenvalue weighted by Crippen LogP contribution is -2.38. The Morgan fingerprint density at radius 2 is 1.71 bits per heavy atom. The van der Waals surface area contributed by atoms with E-state index in [1.165, 1.54) is 19.2 Å². The van der Waals surface area contributed by atoms with Gasteiger partial charge >= 0.3 is 15.6 Å². The summed E-state index contributed by atoms with van der Waals surface area (Å²) in [6.45, 7) is -1.17. The number of aromatic nitrogens is 7. The molecular formula is C35H25ClF9N9O7S2. The molecule has 0 bridgehead atoms. The molecule has 2 N–H and O–H groups in total. The van der Waals surface area contributed by atoms with Crippen molar-refractivity contribution in [1.29, 1.82) is 0 Å². The molecule has 63 heavy (non-hydrogen) atoms. The molecule has 0 radical (unpaired) electrons. The molecule has 6 aromatic rings. The number of alkyl halides is 7. The van der Waals surface area contributed by atoms with Gasteiger partial charge < -0.3 is 9.50 Å². The molecule has 1 amide bonds. The van der Waals surface area contributed by atoms with E-state index < -0.39 is 132 Å². The molecule has 0 spiro atoms. The Morgan fingerprint density at radius 1 is 1.03 bits per heavy atom. The molecule has 28 heteroatoms. The highest BCUT2D eigenvalue weighted by Gasteiger charge is 2.67. The number of amides is 1. The molecule has 2 aliphatic rings. The third-order valence-corrected chi connectivity index (χ3v) is 12.0. The molecule has 16 nitrogen and oxygen atoms in total. The molecule has 0 aliphatic heterocycles. The lowest BCUT2D eigenvalue weighted by molar-refractivity contribution is -0.123. The van der Waals surface area contributed by atoms with E-state index in [0.29, 0.717) is 16.8 Å². The van der Waals surface area contributed by atoms with Crippen molar-refractivity contribution in [3.63, 3.8) is 0 Å². The first-order chi connectivity index (χ1) is 29.3. The SMILES string of the molecule is Cn1nc(NS(C)(=O)=O)c2c(Cl)ccc(-n3c([C@H](Cc4cc(F)cc(F)c4)NC(=O)Cn4nc(C(F)F)c5c4C(F)(F)[C@@H]4CC54)nc4nc(OS(=O)(=O)C(F)(F)F)ccc4c3=O)c21. The normalized spacial score (nSPS) is 17.5. The highest BCUT2D eigenvalue weighted by Crippen LogP contribution is 2.68. The Labute approximate surface area is 351 Å². The van der Waals surface area contributed by atoms with Gasteiger partial charge in [-0.25, -0.2) is 31.0 Å². The standard InChI is InChI=1S/C35H25ClF9N9O7S2/c1-52-27-21(5-4-19(36)25(27)31(50-52)51-62(2,57)58)54-32(48-30-16(33(54)56)3-6-23(47-30)61-63(59,60)35(43,44)45)20(9-13-7-14(37)10-15(38)8-13)46-22(55)12-53-28-24(26(49-53)29(39)40)17-11-18(17)34(28,41)42/h3-8,10,17-18,20,29H,9,11-12H2,1-2H3,(H,46,55)(H,50,51)/t17?,18-,20+/m1/s1. The van der Waals surface area contributed by atoms with Crippen molar-refractivity contribution in [2.45, 2.75) is 49.2 Å². The van der Waals surface area contributed by atoms with E-state index in [4.69, 9.17) is 11.6 Å². The molecule has 8 rings (SSSR count). The molecule has 2 aromatic carbocycles. The monoisotopic (exact) mass is 953 g/mol. The van der Waals surface area contributed by atoms with Crippen LogP contribution in [-0.2, 0) is 50.9 Å². The molecule has 4 heterocycles. The molecule has 3 atom stereocenters. The van der Waals surface area contributed by atoms with Crippen molar-refractivity contribution in [3.8, 4) is 11.6 Å². The van der Waals surface area contributed by atoms with Crippen LogP contribution in [0.3, 0.4) is 0 Å². The zero-order valence-electron chi connectivity index (χ0n) is 31.6. The lowest BCUT2D eigenvalue weighted by atomic mass is 10.0. The topological polar surface area (TPSA) is 202 Å². The minimum absolute atomic E-state index is 0.0988. The van der Waals surface area contributed by atoms with E-state index in [1.54, 1.807) is 0 Å². The number of fused-ring (bicyclic) bond motifs is 5. The van der Waals surface area contributed by atoms with E-state index in [-0.39, 0.29) is 39.4 Å². The summed E-state index contributed by atoms with van der Waals surface area (Å²) in [5.74, 6) is -11.8. The number of pyridine rings is 1. The predicted molar refractivity (Wildman–Crippen MR) is 201 cm³/mol. The van der Waals surface area contributed by atoms with Gasteiger partial charge in [-0.3, -0.25) is 28.2 Å². The summed E-state index contributed by atoms with van der Waals surface area (Å²) >= 11 is 6.50. The van der Waals surface area contributed by atoms with E-state index in [9.17, 15) is 57.2 Å². The summed E-state index contributed by atoms with van der Waals surface area (Å²) in [4.78, 5) is 36.6. The third-order valence-electron chi connectivity index (χ3n) is 10.1. The minimum Gasteiger partial charge on any atom is -0.355 e. The van der Waals surface area contributed by atoms with Gasteiger partial charge in [0, 0.05) is 37.1 Å². The molecule has 0 saturated heterocycles. The fourth-order valence-corrected chi connectivity index (χ4v) is 8.80. The van der Waals surface area contributed by atoms with Crippen LogP contribution >= 0.6 is 11.6 Å². The van der Waals surface area contributed by atoms with Gasteiger partial charge in [0.2, 0.25) is 21.8 Å². The highest BCUT2D eigenvalue weighted by atomic mass is 35.5. The number of carbonyl (C=O) groups excluding carboxylic acids is 1. The second-order valence-corrected chi connectivity index (χ2v) is 18.2. The fraction of sp³-hybridized carbons (Fsp3) is 0.314. The molecular weight excluding hydrogens is 929 g/mol. The number of hydrogen-bond acceptors (Lipinski definition) is 11. The molecule has 4 aromatic heterocycles. The van der Waals surface area contributed by atoms with Crippen molar-refractivity contribution in [1.82, 2.24) is 39.4 Å².